The number of nitrogens with one attached hydrogen (secondary N) is 2. The maximum absolute atomic E-state index is 11.8. The van der Waals surface area contributed by atoms with Gasteiger partial charge in [0.25, 0.3) is 0 Å². The first kappa shape index (κ1) is 24.4. The number of guanidine groups is 1. The molecule has 0 spiro atoms. The molecule has 1 rings (SSSR count). The largest absolute Gasteiger partial charge is 0.370 e. The van der Waals surface area contributed by atoms with Crippen molar-refractivity contribution in [2.45, 2.75) is 64.3 Å². The lowest BCUT2D eigenvalue weighted by Gasteiger charge is -2.11. The quantitative estimate of drug-likeness (QED) is 0.177. The van der Waals surface area contributed by atoms with E-state index in [1.807, 2.05) is 0 Å². The Hall–Kier alpha value is -0.580. The van der Waals surface area contributed by atoms with Crippen molar-refractivity contribution in [1.82, 2.24) is 10.6 Å². The van der Waals surface area contributed by atoms with E-state index in [-0.39, 0.29) is 53.9 Å². The van der Waals surface area contributed by atoms with E-state index >= 15 is 0 Å². The van der Waals surface area contributed by atoms with Gasteiger partial charge in [-0.05, 0) is 12.8 Å². The van der Waals surface area contributed by atoms with Gasteiger partial charge in [0, 0.05) is 25.6 Å². The van der Waals surface area contributed by atoms with Gasteiger partial charge in [-0.15, -0.1) is 24.0 Å². The Balaban J connectivity index is 0.00000576. The minimum Gasteiger partial charge on any atom is -0.370 e. The molecule has 1 aliphatic heterocycles. The monoisotopic (exact) mass is 488 g/mol. The van der Waals surface area contributed by atoms with Gasteiger partial charge in [0.15, 0.2) is 15.8 Å². The number of nitrogens with zero attached hydrogens (tertiary/aromatic N) is 1. The Morgan fingerprint density at radius 2 is 1.88 bits per heavy atom. The molecule has 0 aliphatic carbocycles. The summed E-state index contributed by atoms with van der Waals surface area (Å²) in [6.07, 6.45) is 8.03. The molecule has 148 valence electrons. The molecule has 0 bridgehead atoms. The van der Waals surface area contributed by atoms with Crippen LogP contribution in [0.2, 0.25) is 0 Å². The molecule has 1 saturated heterocycles. The van der Waals surface area contributed by atoms with E-state index < -0.39 is 9.84 Å². The van der Waals surface area contributed by atoms with Crippen LogP contribution < -0.4 is 16.4 Å². The van der Waals surface area contributed by atoms with Gasteiger partial charge in [0.05, 0.1) is 11.5 Å². The van der Waals surface area contributed by atoms with Crippen molar-refractivity contribution in [3.05, 3.63) is 0 Å². The molecule has 1 aliphatic rings. The van der Waals surface area contributed by atoms with Crippen molar-refractivity contribution in [3.8, 4) is 0 Å². The smallest absolute Gasteiger partial charge is 0.222 e. The molecule has 0 radical (unpaired) electrons. The fraction of sp³-hybridized carbons (Fsp3) is 0.875. The van der Waals surface area contributed by atoms with Crippen molar-refractivity contribution in [1.29, 1.82) is 0 Å². The van der Waals surface area contributed by atoms with E-state index in [1.54, 1.807) is 0 Å². The number of carbonyl (C=O) groups excluding carboxylic acids is 1. The van der Waals surface area contributed by atoms with Crippen LogP contribution in [0.4, 0.5) is 0 Å². The number of aliphatic imine (C=N–C) groups is 1. The van der Waals surface area contributed by atoms with Gasteiger partial charge in [0.2, 0.25) is 5.91 Å². The lowest BCUT2D eigenvalue weighted by Crippen LogP contribution is -2.39. The van der Waals surface area contributed by atoms with E-state index in [2.05, 4.69) is 22.5 Å². The number of sulfone groups is 1. The van der Waals surface area contributed by atoms with Crippen LogP contribution in [0, 0.1) is 0 Å². The summed E-state index contributed by atoms with van der Waals surface area (Å²) < 4.78 is 22.7. The molecule has 25 heavy (non-hydrogen) atoms. The second-order valence-electron chi connectivity index (χ2n) is 6.38. The number of unbranched alkanes of at least 4 members (excludes halogenated alkanes) is 5. The third kappa shape index (κ3) is 12.4. The highest BCUT2D eigenvalue weighted by atomic mass is 127. The first-order chi connectivity index (χ1) is 11.4. The van der Waals surface area contributed by atoms with Gasteiger partial charge in [0.1, 0.15) is 0 Å². The summed E-state index contributed by atoms with van der Waals surface area (Å²) in [5.74, 6) is 0.413. The highest BCUT2D eigenvalue weighted by Crippen LogP contribution is 2.11. The van der Waals surface area contributed by atoms with E-state index in [1.165, 1.54) is 32.1 Å². The number of amides is 1. The fourth-order valence-corrected chi connectivity index (χ4v) is 4.33. The lowest BCUT2D eigenvalue weighted by atomic mass is 10.1. The van der Waals surface area contributed by atoms with Crippen LogP contribution >= 0.6 is 24.0 Å². The normalized spacial score (nSPS) is 19.2. The predicted molar refractivity (Wildman–Crippen MR) is 113 cm³/mol. The molecule has 4 N–H and O–H groups in total. The number of nitrogens with two attached hydrogens (primary N) is 1. The second-order valence-corrected chi connectivity index (χ2v) is 8.61. The van der Waals surface area contributed by atoms with Crippen molar-refractivity contribution >= 4 is 45.7 Å². The summed E-state index contributed by atoms with van der Waals surface area (Å²) >= 11 is 0. The first-order valence-corrected chi connectivity index (χ1v) is 10.8. The van der Waals surface area contributed by atoms with Gasteiger partial charge < -0.3 is 16.4 Å². The lowest BCUT2D eigenvalue weighted by molar-refractivity contribution is -0.121. The van der Waals surface area contributed by atoms with E-state index in [4.69, 9.17) is 5.73 Å². The standard InChI is InChI=1S/C16H32N4O3S.HI/c1-2-3-4-5-6-7-10-18-16(17)19-11-8-15(21)20-14-9-12-24(22,23)13-14;/h14H,2-13H2,1H3,(H,20,21)(H3,17,18,19);1H. The molecule has 0 aromatic rings. The SMILES string of the molecule is CCCCCCCCN=C(N)NCCC(=O)NC1CCS(=O)(=O)C1.I. The predicted octanol–water partition coefficient (Wildman–Crippen LogP) is 1.56. The summed E-state index contributed by atoms with van der Waals surface area (Å²) in [5.41, 5.74) is 5.75. The van der Waals surface area contributed by atoms with Crippen molar-refractivity contribution in [3.63, 3.8) is 0 Å². The molecule has 0 aromatic carbocycles. The Kier molecular flexibility index (Phi) is 13.3. The Morgan fingerprint density at radius 1 is 1.20 bits per heavy atom. The summed E-state index contributed by atoms with van der Waals surface area (Å²) in [7, 11) is -2.97. The molecule has 0 saturated carbocycles. The Labute approximate surface area is 168 Å². The fourth-order valence-electron chi connectivity index (χ4n) is 2.66. The third-order valence-electron chi connectivity index (χ3n) is 4.05. The van der Waals surface area contributed by atoms with Crippen molar-refractivity contribution < 1.29 is 13.2 Å². The van der Waals surface area contributed by atoms with Crippen LogP contribution in [0.25, 0.3) is 0 Å². The van der Waals surface area contributed by atoms with E-state index in [0.717, 1.165) is 6.42 Å². The summed E-state index contributed by atoms with van der Waals surface area (Å²) in [5, 5.41) is 5.66. The number of halogens is 1. The van der Waals surface area contributed by atoms with Gasteiger partial charge in [-0.25, -0.2) is 8.42 Å². The maximum Gasteiger partial charge on any atom is 0.222 e. The summed E-state index contributed by atoms with van der Waals surface area (Å²) in [4.78, 5) is 16.0. The molecule has 9 heteroatoms. The first-order valence-electron chi connectivity index (χ1n) is 8.96. The van der Waals surface area contributed by atoms with Crippen LogP contribution in [-0.2, 0) is 14.6 Å². The van der Waals surface area contributed by atoms with Crippen molar-refractivity contribution in [2.75, 3.05) is 24.6 Å². The maximum atomic E-state index is 11.8. The van der Waals surface area contributed by atoms with Crippen molar-refractivity contribution in [2.24, 2.45) is 10.7 Å². The molecule has 1 amide bonds. The Bertz CT molecular complexity index is 512. The van der Waals surface area contributed by atoms with E-state index in [0.29, 0.717) is 25.5 Å². The van der Waals surface area contributed by atoms with Crippen LogP contribution in [0.1, 0.15) is 58.3 Å². The minimum atomic E-state index is -2.97. The van der Waals surface area contributed by atoms with Crippen LogP contribution in [0.3, 0.4) is 0 Å². The second kappa shape index (κ2) is 13.6. The zero-order valence-corrected chi connectivity index (χ0v) is 18.3. The zero-order valence-electron chi connectivity index (χ0n) is 15.1. The average molecular weight is 488 g/mol. The average Bonchev–Trinajstić information content (AvgIpc) is 2.85. The Morgan fingerprint density at radius 3 is 2.52 bits per heavy atom. The van der Waals surface area contributed by atoms with Crippen LogP contribution in [0.5, 0.6) is 0 Å². The number of rotatable bonds is 11. The third-order valence-corrected chi connectivity index (χ3v) is 5.82. The van der Waals surface area contributed by atoms with E-state index in [9.17, 15) is 13.2 Å². The highest BCUT2D eigenvalue weighted by Gasteiger charge is 2.28. The van der Waals surface area contributed by atoms with Gasteiger partial charge in [-0.3, -0.25) is 9.79 Å². The topological polar surface area (TPSA) is 114 Å². The van der Waals surface area contributed by atoms with Gasteiger partial charge >= 0.3 is 0 Å². The zero-order chi connectivity index (χ0) is 17.8. The van der Waals surface area contributed by atoms with Gasteiger partial charge in [-0.2, -0.15) is 0 Å². The van der Waals surface area contributed by atoms with Gasteiger partial charge in [-0.1, -0.05) is 39.0 Å². The molecular weight excluding hydrogens is 455 g/mol. The number of hydrogen-bond donors (Lipinski definition) is 3. The molecule has 1 fully saturated rings. The molecule has 1 heterocycles. The highest BCUT2D eigenvalue weighted by molar-refractivity contribution is 14.0. The minimum absolute atomic E-state index is 0. The van der Waals surface area contributed by atoms with Crippen LogP contribution in [0.15, 0.2) is 4.99 Å². The summed E-state index contributed by atoms with van der Waals surface area (Å²) in [6, 6.07) is -0.249. The molecule has 7 nitrogen and oxygen atoms in total. The molecule has 0 aromatic heterocycles. The molecular formula is C16H33IN4O3S. The number of carbonyl (C=O) groups is 1. The number of hydrogen-bond acceptors (Lipinski definition) is 4. The molecule has 1 atom stereocenters. The van der Waals surface area contributed by atoms with Crippen LogP contribution in [-0.4, -0.2) is 50.9 Å². The summed E-state index contributed by atoms with van der Waals surface area (Å²) in [6.45, 7) is 3.31. The molecule has 1 unspecified atom stereocenters.